The molecule has 0 saturated carbocycles. The molecule has 1 saturated heterocycles. The SMILES string of the molecule is CCS(=O)(=O)CCNC(=O)c1cccn1C1CCN(C(=O)OC(C)(C)C)CC1. The highest BCUT2D eigenvalue weighted by Crippen LogP contribution is 2.25. The molecule has 158 valence electrons. The Bertz CT molecular complexity index is 787. The van der Waals surface area contributed by atoms with E-state index in [1.54, 1.807) is 24.0 Å². The van der Waals surface area contributed by atoms with Gasteiger partial charge in [0.1, 0.15) is 11.3 Å². The van der Waals surface area contributed by atoms with E-state index < -0.39 is 15.4 Å². The van der Waals surface area contributed by atoms with Gasteiger partial charge in [-0.25, -0.2) is 13.2 Å². The molecule has 1 aromatic rings. The van der Waals surface area contributed by atoms with Crippen molar-refractivity contribution in [2.75, 3.05) is 31.1 Å². The maximum atomic E-state index is 12.5. The van der Waals surface area contributed by atoms with Crippen molar-refractivity contribution in [1.29, 1.82) is 0 Å². The van der Waals surface area contributed by atoms with Gasteiger partial charge in [-0.05, 0) is 45.7 Å². The standard InChI is InChI=1S/C19H31N3O5S/c1-5-28(25,26)14-10-20-17(23)16-7-6-11-22(16)15-8-12-21(13-9-15)18(24)27-19(2,3)4/h6-7,11,15H,5,8-10,12-14H2,1-4H3,(H,20,23). The van der Waals surface area contributed by atoms with E-state index in [1.165, 1.54) is 0 Å². The Hall–Kier alpha value is -2.03. The lowest BCUT2D eigenvalue weighted by atomic mass is 10.0. The highest BCUT2D eigenvalue weighted by molar-refractivity contribution is 7.91. The highest BCUT2D eigenvalue weighted by atomic mass is 32.2. The van der Waals surface area contributed by atoms with Gasteiger partial charge in [0.15, 0.2) is 9.84 Å². The number of nitrogens with one attached hydrogen (secondary N) is 1. The van der Waals surface area contributed by atoms with E-state index >= 15 is 0 Å². The Balaban J connectivity index is 1.92. The van der Waals surface area contributed by atoms with Gasteiger partial charge in [-0.2, -0.15) is 0 Å². The number of nitrogens with zero attached hydrogens (tertiary/aromatic N) is 2. The van der Waals surface area contributed by atoms with Crippen molar-refractivity contribution in [1.82, 2.24) is 14.8 Å². The van der Waals surface area contributed by atoms with Gasteiger partial charge >= 0.3 is 6.09 Å². The largest absolute Gasteiger partial charge is 0.444 e. The lowest BCUT2D eigenvalue weighted by Crippen LogP contribution is -2.42. The third kappa shape index (κ3) is 6.25. The molecule has 1 aliphatic rings. The summed E-state index contributed by atoms with van der Waals surface area (Å²) in [7, 11) is -3.11. The van der Waals surface area contributed by atoms with Crippen LogP contribution < -0.4 is 5.32 Å². The second-order valence-corrected chi connectivity index (χ2v) is 10.5. The van der Waals surface area contributed by atoms with Crippen LogP contribution in [0.25, 0.3) is 0 Å². The molecule has 0 atom stereocenters. The molecule has 28 heavy (non-hydrogen) atoms. The van der Waals surface area contributed by atoms with Crippen molar-refractivity contribution in [3.05, 3.63) is 24.0 Å². The van der Waals surface area contributed by atoms with Crippen molar-refractivity contribution < 1.29 is 22.7 Å². The highest BCUT2D eigenvalue weighted by Gasteiger charge is 2.28. The normalized spacial score (nSPS) is 16.1. The number of aromatic nitrogens is 1. The molecule has 0 aliphatic carbocycles. The number of hydrogen-bond acceptors (Lipinski definition) is 5. The van der Waals surface area contributed by atoms with Gasteiger partial charge in [0.25, 0.3) is 5.91 Å². The minimum atomic E-state index is -3.11. The molecule has 1 fully saturated rings. The first-order valence-electron chi connectivity index (χ1n) is 9.66. The number of carbonyl (C=O) groups excluding carboxylic acids is 2. The van der Waals surface area contributed by atoms with Crippen LogP contribution in [0.2, 0.25) is 0 Å². The van der Waals surface area contributed by atoms with Crippen LogP contribution in [0.3, 0.4) is 0 Å². The van der Waals surface area contributed by atoms with Crippen LogP contribution in [-0.2, 0) is 14.6 Å². The van der Waals surface area contributed by atoms with E-state index in [0.29, 0.717) is 18.8 Å². The molecule has 2 rings (SSSR count). The van der Waals surface area contributed by atoms with Gasteiger partial charge in [0, 0.05) is 37.6 Å². The van der Waals surface area contributed by atoms with Crippen LogP contribution in [-0.4, -0.2) is 66.6 Å². The lowest BCUT2D eigenvalue weighted by Gasteiger charge is -2.34. The topological polar surface area (TPSA) is 97.7 Å². The van der Waals surface area contributed by atoms with Crippen LogP contribution in [0.15, 0.2) is 18.3 Å². The Morgan fingerprint density at radius 3 is 2.46 bits per heavy atom. The number of sulfone groups is 1. The average Bonchev–Trinajstić information content (AvgIpc) is 3.10. The predicted octanol–water partition coefficient (Wildman–Crippen LogP) is 2.22. The Morgan fingerprint density at radius 1 is 1.25 bits per heavy atom. The molecular formula is C19H31N3O5S. The Morgan fingerprint density at radius 2 is 1.89 bits per heavy atom. The third-order valence-corrected chi connectivity index (χ3v) is 6.37. The quantitative estimate of drug-likeness (QED) is 0.771. The van der Waals surface area contributed by atoms with E-state index in [-0.39, 0.29) is 36.1 Å². The van der Waals surface area contributed by atoms with E-state index in [0.717, 1.165) is 12.8 Å². The lowest BCUT2D eigenvalue weighted by molar-refractivity contribution is 0.0187. The Kier molecular flexibility index (Phi) is 7.14. The third-order valence-electron chi connectivity index (χ3n) is 4.66. The summed E-state index contributed by atoms with van der Waals surface area (Å²) < 4.78 is 30.4. The first-order chi connectivity index (χ1) is 13.0. The zero-order valence-electron chi connectivity index (χ0n) is 17.1. The molecule has 0 spiro atoms. The second kappa shape index (κ2) is 8.98. The van der Waals surface area contributed by atoms with Crippen molar-refractivity contribution in [3.63, 3.8) is 0 Å². The smallest absolute Gasteiger partial charge is 0.410 e. The van der Waals surface area contributed by atoms with Gasteiger partial charge in [-0.15, -0.1) is 0 Å². The van der Waals surface area contributed by atoms with Gasteiger partial charge < -0.3 is 19.5 Å². The number of ether oxygens (including phenoxy) is 1. The summed E-state index contributed by atoms with van der Waals surface area (Å²) in [4.78, 5) is 26.3. The molecule has 1 aromatic heterocycles. The number of piperidine rings is 1. The maximum Gasteiger partial charge on any atom is 0.410 e. The number of likely N-dealkylation sites (tertiary alicyclic amines) is 1. The molecule has 0 radical (unpaired) electrons. The summed E-state index contributed by atoms with van der Waals surface area (Å²) in [5, 5.41) is 2.68. The summed E-state index contributed by atoms with van der Waals surface area (Å²) in [6.45, 7) is 8.33. The average molecular weight is 414 g/mol. The molecule has 9 heteroatoms. The van der Waals surface area contributed by atoms with E-state index in [1.807, 2.05) is 31.5 Å². The fraction of sp³-hybridized carbons (Fsp3) is 0.684. The molecule has 2 amide bonds. The van der Waals surface area contributed by atoms with Crippen LogP contribution in [0, 0.1) is 0 Å². The number of amides is 2. The minimum Gasteiger partial charge on any atom is -0.444 e. The summed E-state index contributed by atoms with van der Waals surface area (Å²) >= 11 is 0. The van der Waals surface area contributed by atoms with Crippen molar-refractivity contribution in [2.24, 2.45) is 0 Å². The molecule has 1 N–H and O–H groups in total. The number of hydrogen-bond donors (Lipinski definition) is 1. The minimum absolute atomic E-state index is 0.0650. The van der Waals surface area contributed by atoms with Crippen LogP contribution in [0.4, 0.5) is 4.79 Å². The fourth-order valence-electron chi connectivity index (χ4n) is 3.11. The van der Waals surface area contributed by atoms with Crippen molar-refractivity contribution >= 4 is 21.8 Å². The summed E-state index contributed by atoms with van der Waals surface area (Å²) in [5.74, 6) is -0.287. The molecule has 1 aliphatic heterocycles. The first-order valence-corrected chi connectivity index (χ1v) is 11.5. The van der Waals surface area contributed by atoms with E-state index in [9.17, 15) is 18.0 Å². The van der Waals surface area contributed by atoms with Crippen LogP contribution in [0.5, 0.6) is 0 Å². The summed E-state index contributed by atoms with van der Waals surface area (Å²) in [6.07, 6.45) is 2.98. The zero-order chi connectivity index (χ0) is 20.9. The molecule has 8 nitrogen and oxygen atoms in total. The molecule has 0 unspecified atom stereocenters. The van der Waals surface area contributed by atoms with Gasteiger partial charge in [-0.1, -0.05) is 6.92 Å². The van der Waals surface area contributed by atoms with Crippen LogP contribution in [0.1, 0.15) is 57.1 Å². The monoisotopic (exact) mass is 413 g/mol. The molecular weight excluding hydrogens is 382 g/mol. The Labute approximate surface area is 167 Å². The van der Waals surface area contributed by atoms with Crippen LogP contribution >= 0.6 is 0 Å². The van der Waals surface area contributed by atoms with E-state index in [2.05, 4.69) is 5.32 Å². The predicted molar refractivity (Wildman–Crippen MR) is 107 cm³/mol. The summed E-state index contributed by atoms with van der Waals surface area (Å²) in [5.41, 5.74) is -0.0187. The van der Waals surface area contributed by atoms with Crippen molar-refractivity contribution in [3.8, 4) is 0 Å². The molecule has 2 heterocycles. The summed E-state index contributed by atoms with van der Waals surface area (Å²) in [6, 6.07) is 3.63. The zero-order valence-corrected chi connectivity index (χ0v) is 17.9. The molecule has 0 aromatic carbocycles. The van der Waals surface area contributed by atoms with Crippen molar-refractivity contribution in [2.45, 2.75) is 52.2 Å². The van der Waals surface area contributed by atoms with E-state index in [4.69, 9.17) is 4.74 Å². The van der Waals surface area contributed by atoms with Gasteiger partial charge in [-0.3, -0.25) is 4.79 Å². The number of rotatable bonds is 6. The fourth-order valence-corrected chi connectivity index (χ4v) is 3.81. The second-order valence-electron chi connectivity index (χ2n) is 7.99. The van der Waals surface area contributed by atoms with Gasteiger partial charge in [0.2, 0.25) is 0 Å². The molecule has 0 bridgehead atoms. The van der Waals surface area contributed by atoms with Gasteiger partial charge in [0.05, 0.1) is 5.75 Å². The number of carbonyl (C=O) groups is 2. The first kappa shape index (κ1) is 22.3. The maximum absolute atomic E-state index is 12.5.